The van der Waals surface area contributed by atoms with Gasteiger partial charge in [0, 0.05) is 26.1 Å². The molecule has 0 spiro atoms. The molecular formula is C11H19N3O3. The molecule has 2 rings (SSSR count). The summed E-state index contributed by atoms with van der Waals surface area (Å²) in [5, 5.41) is 7.29. The number of nitrogens with zero attached hydrogens (tertiary/aromatic N) is 2. The fourth-order valence-corrected chi connectivity index (χ4v) is 1.90. The number of morpholine rings is 1. The van der Waals surface area contributed by atoms with E-state index in [1.54, 1.807) is 7.11 Å². The fourth-order valence-electron chi connectivity index (χ4n) is 1.90. The van der Waals surface area contributed by atoms with Gasteiger partial charge in [-0.15, -0.1) is 0 Å². The summed E-state index contributed by atoms with van der Waals surface area (Å²) < 4.78 is 15.9. The molecule has 0 radical (unpaired) electrons. The van der Waals surface area contributed by atoms with Gasteiger partial charge in [0.2, 0.25) is 11.7 Å². The van der Waals surface area contributed by atoms with Crippen molar-refractivity contribution in [3.8, 4) is 0 Å². The number of methoxy groups -OCH3 is 1. The first kappa shape index (κ1) is 12.5. The number of aromatic nitrogens is 2. The summed E-state index contributed by atoms with van der Waals surface area (Å²) in [6.45, 7) is 4.37. The molecule has 1 saturated heterocycles. The van der Waals surface area contributed by atoms with Gasteiger partial charge in [-0.25, -0.2) is 0 Å². The van der Waals surface area contributed by atoms with Gasteiger partial charge in [0.15, 0.2) is 0 Å². The summed E-state index contributed by atoms with van der Waals surface area (Å²) in [4.78, 5) is 4.35. The Morgan fingerprint density at radius 3 is 3.12 bits per heavy atom. The van der Waals surface area contributed by atoms with E-state index in [1.165, 1.54) is 0 Å². The Balaban J connectivity index is 1.93. The van der Waals surface area contributed by atoms with Gasteiger partial charge in [0.25, 0.3) is 0 Å². The monoisotopic (exact) mass is 241 g/mol. The third kappa shape index (κ3) is 3.24. The molecule has 1 aromatic rings. The minimum Gasteiger partial charge on any atom is -0.378 e. The maximum absolute atomic E-state index is 5.37. The Morgan fingerprint density at radius 2 is 2.47 bits per heavy atom. The van der Waals surface area contributed by atoms with Gasteiger partial charge in [0.05, 0.1) is 13.2 Å². The van der Waals surface area contributed by atoms with Gasteiger partial charge in [-0.3, -0.25) is 0 Å². The van der Waals surface area contributed by atoms with E-state index in [-0.39, 0.29) is 12.1 Å². The van der Waals surface area contributed by atoms with Crippen LogP contribution in [-0.2, 0) is 15.9 Å². The van der Waals surface area contributed by atoms with Crippen LogP contribution in [0, 0.1) is 0 Å². The minimum atomic E-state index is -0.0805. The van der Waals surface area contributed by atoms with Crippen LogP contribution in [0.3, 0.4) is 0 Å². The number of ether oxygens (including phenoxy) is 2. The van der Waals surface area contributed by atoms with Crippen molar-refractivity contribution in [2.45, 2.75) is 31.9 Å². The van der Waals surface area contributed by atoms with Crippen LogP contribution < -0.4 is 5.32 Å². The molecule has 0 aromatic carbocycles. The van der Waals surface area contributed by atoms with Crippen molar-refractivity contribution in [2.75, 3.05) is 26.9 Å². The highest BCUT2D eigenvalue weighted by molar-refractivity contribution is 4.93. The van der Waals surface area contributed by atoms with Crippen molar-refractivity contribution >= 4 is 0 Å². The number of hydrogen-bond acceptors (Lipinski definition) is 6. The van der Waals surface area contributed by atoms with E-state index in [9.17, 15) is 0 Å². The smallest absolute Gasteiger partial charge is 0.228 e. The number of nitrogens with one attached hydrogen (secondary N) is 1. The first-order valence-electron chi connectivity index (χ1n) is 6.00. The van der Waals surface area contributed by atoms with Crippen LogP contribution in [0.2, 0.25) is 0 Å². The lowest BCUT2D eigenvalue weighted by atomic mass is 10.2. The van der Waals surface area contributed by atoms with Gasteiger partial charge in [-0.05, 0) is 6.42 Å². The Labute approximate surface area is 101 Å². The lowest BCUT2D eigenvalue weighted by Crippen LogP contribution is -2.42. The Bertz CT molecular complexity index is 332. The zero-order valence-electron chi connectivity index (χ0n) is 10.3. The van der Waals surface area contributed by atoms with E-state index >= 15 is 0 Å². The maximum Gasteiger partial charge on any atom is 0.228 e. The van der Waals surface area contributed by atoms with E-state index in [4.69, 9.17) is 14.0 Å². The molecule has 1 aliphatic rings. The average Bonchev–Trinajstić information content (AvgIpc) is 2.81. The van der Waals surface area contributed by atoms with Crippen LogP contribution in [0.25, 0.3) is 0 Å². The number of hydrogen-bond donors (Lipinski definition) is 1. The van der Waals surface area contributed by atoms with Crippen molar-refractivity contribution in [3.63, 3.8) is 0 Å². The topological polar surface area (TPSA) is 69.4 Å². The average molecular weight is 241 g/mol. The molecule has 2 atom stereocenters. The second-order valence-electron chi connectivity index (χ2n) is 4.11. The molecule has 96 valence electrons. The van der Waals surface area contributed by atoms with Crippen molar-refractivity contribution in [3.05, 3.63) is 11.7 Å². The van der Waals surface area contributed by atoms with Crippen LogP contribution in [-0.4, -0.2) is 43.1 Å². The van der Waals surface area contributed by atoms with Crippen LogP contribution in [0.5, 0.6) is 0 Å². The van der Waals surface area contributed by atoms with Crippen molar-refractivity contribution in [1.29, 1.82) is 0 Å². The molecule has 1 N–H and O–H groups in total. The van der Waals surface area contributed by atoms with Crippen LogP contribution in [0.4, 0.5) is 0 Å². The van der Waals surface area contributed by atoms with Crippen molar-refractivity contribution in [2.24, 2.45) is 0 Å². The highest BCUT2D eigenvalue weighted by Crippen LogP contribution is 2.17. The lowest BCUT2D eigenvalue weighted by molar-refractivity contribution is 0.0743. The Hall–Kier alpha value is -0.980. The summed E-state index contributed by atoms with van der Waals surface area (Å²) >= 11 is 0. The molecule has 6 heteroatoms. The standard InChI is InChI=1S/C11H19N3O3/c1-3-9(15-2)11-13-10(17-14-11)6-8-7-16-5-4-12-8/h8-9,12H,3-7H2,1-2H3. The Kier molecular flexibility index (Phi) is 4.47. The van der Waals surface area contributed by atoms with Crippen LogP contribution >= 0.6 is 0 Å². The molecule has 0 aliphatic carbocycles. The summed E-state index contributed by atoms with van der Waals surface area (Å²) in [6.07, 6.45) is 1.45. The number of rotatable bonds is 5. The molecule has 0 saturated carbocycles. The van der Waals surface area contributed by atoms with E-state index in [2.05, 4.69) is 15.5 Å². The predicted molar refractivity (Wildman–Crippen MR) is 60.7 cm³/mol. The van der Waals surface area contributed by atoms with E-state index in [0.29, 0.717) is 24.7 Å². The lowest BCUT2D eigenvalue weighted by Gasteiger charge is -2.22. The molecule has 17 heavy (non-hydrogen) atoms. The summed E-state index contributed by atoms with van der Waals surface area (Å²) in [5.74, 6) is 1.26. The third-order valence-electron chi connectivity index (χ3n) is 2.85. The summed E-state index contributed by atoms with van der Waals surface area (Å²) in [5.41, 5.74) is 0. The molecule has 1 aromatic heterocycles. The molecule has 0 amide bonds. The van der Waals surface area contributed by atoms with Crippen molar-refractivity contribution in [1.82, 2.24) is 15.5 Å². The first-order valence-corrected chi connectivity index (χ1v) is 6.00. The van der Waals surface area contributed by atoms with Gasteiger partial charge in [0.1, 0.15) is 6.10 Å². The summed E-state index contributed by atoms with van der Waals surface area (Å²) in [7, 11) is 1.65. The largest absolute Gasteiger partial charge is 0.378 e. The maximum atomic E-state index is 5.37. The van der Waals surface area contributed by atoms with E-state index in [0.717, 1.165) is 19.6 Å². The van der Waals surface area contributed by atoms with Gasteiger partial charge in [-0.2, -0.15) is 4.98 Å². The van der Waals surface area contributed by atoms with Gasteiger partial charge < -0.3 is 19.3 Å². The summed E-state index contributed by atoms with van der Waals surface area (Å²) in [6, 6.07) is 0.264. The van der Waals surface area contributed by atoms with Crippen LogP contribution in [0.15, 0.2) is 4.52 Å². The second kappa shape index (κ2) is 6.09. The third-order valence-corrected chi connectivity index (χ3v) is 2.85. The highest BCUT2D eigenvalue weighted by Gasteiger charge is 2.20. The quantitative estimate of drug-likeness (QED) is 0.818. The molecule has 0 bridgehead atoms. The molecule has 1 aliphatic heterocycles. The van der Waals surface area contributed by atoms with E-state index in [1.807, 2.05) is 6.92 Å². The molecule has 2 heterocycles. The SMILES string of the molecule is CCC(OC)c1noc(CC2COCCN2)n1. The fraction of sp³-hybridized carbons (Fsp3) is 0.818. The predicted octanol–water partition coefficient (Wildman–Crippen LogP) is 0.698. The second-order valence-corrected chi connectivity index (χ2v) is 4.11. The molecule has 1 fully saturated rings. The molecule has 2 unspecified atom stereocenters. The Morgan fingerprint density at radius 1 is 1.59 bits per heavy atom. The van der Waals surface area contributed by atoms with Gasteiger partial charge in [-0.1, -0.05) is 12.1 Å². The zero-order chi connectivity index (χ0) is 12.1. The first-order chi connectivity index (χ1) is 8.33. The molecule has 6 nitrogen and oxygen atoms in total. The van der Waals surface area contributed by atoms with Gasteiger partial charge >= 0.3 is 0 Å². The highest BCUT2D eigenvalue weighted by atomic mass is 16.5. The normalized spacial score (nSPS) is 22.6. The zero-order valence-corrected chi connectivity index (χ0v) is 10.3. The minimum absolute atomic E-state index is 0.0805. The van der Waals surface area contributed by atoms with E-state index < -0.39 is 0 Å². The van der Waals surface area contributed by atoms with Crippen molar-refractivity contribution < 1.29 is 14.0 Å². The molecular weight excluding hydrogens is 222 g/mol. The van der Waals surface area contributed by atoms with Crippen LogP contribution in [0.1, 0.15) is 31.2 Å².